The highest BCUT2D eigenvalue weighted by Crippen LogP contribution is 2.23. The summed E-state index contributed by atoms with van der Waals surface area (Å²) >= 11 is 0. The fourth-order valence-corrected chi connectivity index (χ4v) is 3.56. The molecule has 2 aliphatic heterocycles. The number of amides is 1. The molecule has 22 heavy (non-hydrogen) atoms. The highest BCUT2D eigenvalue weighted by molar-refractivity contribution is 5.79. The van der Waals surface area contributed by atoms with Gasteiger partial charge in [0.2, 0.25) is 5.91 Å². The highest BCUT2D eigenvalue weighted by Gasteiger charge is 2.29. The van der Waals surface area contributed by atoms with Gasteiger partial charge in [-0.25, -0.2) is 4.39 Å². The zero-order valence-electron chi connectivity index (χ0n) is 13.1. The van der Waals surface area contributed by atoms with Gasteiger partial charge in [-0.2, -0.15) is 0 Å². The average Bonchev–Trinajstić information content (AvgIpc) is 2.58. The number of nitrogens with zero attached hydrogens (tertiary/aromatic N) is 2. The van der Waals surface area contributed by atoms with E-state index < -0.39 is 0 Å². The molecule has 0 aromatic heterocycles. The van der Waals surface area contributed by atoms with E-state index in [-0.39, 0.29) is 11.7 Å². The number of hydrogen-bond acceptors (Lipinski definition) is 2. The molecule has 0 saturated carbocycles. The Morgan fingerprint density at radius 1 is 1.00 bits per heavy atom. The molecular weight excluding hydrogens is 279 g/mol. The van der Waals surface area contributed by atoms with Gasteiger partial charge in [0, 0.05) is 25.6 Å². The van der Waals surface area contributed by atoms with E-state index in [0.29, 0.717) is 5.91 Å². The first-order chi connectivity index (χ1) is 10.7. The molecule has 1 aromatic carbocycles. The van der Waals surface area contributed by atoms with E-state index in [2.05, 4.69) is 9.80 Å². The maximum Gasteiger partial charge on any atom is 0.225 e. The molecule has 1 aromatic rings. The van der Waals surface area contributed by atoms with Crippen LogP contribution in [0.5, 0.6) is 0 Å². The second kappa shape index (κ2) is 7.23. The van der Waals surface area contributed by atoms with Crippen LogP contribution in [0.4, 0.5) is 4.39 Å². The average molecular weight is 304 g/mol. The summed E-state index contributed by atoms with van der Waals surface area (Å²) in [4.78, 5) is 17.0. The first-order valence-corrected chi connectivity index (χ1v) is 8.48. The quantitative estimate of drug-likeness (QED) is 0.857. The summed E-state index contributed by atoms with van der Waals surface area (Å²) in [5.74, 6) is 0.401. The predicted molar refractivity (Wildman–Crippen MR) is 84.8 cm³/mol. The minimum Gasteiger partial charge on any atom is -0.342 e. The summed E-state index contributed by atoms with van der Waals surface area (Å²) < 4.78 is 12.9. The third kappa shape index (κ3) is 3.86. The lowest BCUT2D eigenvalue weighted by atomic mass is 9.94. The summed E-state index contributed by atoms with van der Waals surface area (Å²) in [5, 5.41) is 0. The monoisotopic (exact) mass is 304 g/mol. The van der Waals surface area contributed by atoms with Gasteiger partial charge in [0.1, 0.15) is 5.82 Å². The summed E-state index contributed by atoms with van der Waals surface area (Å²) in [6.07, 6.45) is 5.50. The van der Waals surface area contributed by atoms with Crippen molar-refractivity contribution < 1.29 is 9.18 Å². The summed E-state index contributed by atoms with van der Waals surface area (Å²) in [6, 6.07) is 6.73. The van der Waals surface area contributed by atoms with Gasteiger partial charge in [-0.1, -0.05) is 12.1 Å². The van der Waals surface area contributed by atoms with Crippen molar-refractivity contribution in [1.82, 2.24) is 9.80 Å². The molecule has 0 unspecified atom stereocenters. The van der Waals surface area contributed by atoms with Crippen LogP contribution in [0.15, 0.2) is 24.3 Å². The maximum absolute atomic E-state index is 12.9. The molecule has 3 rings (SSSR count). The van der Waals surface area contributed by atoms with E-state index in [0.717, 1.165) is 64.0 Å². The van der Waals surface area contributed by atoms with Gasteiger partial charge in [0.25, 0.3) is 0 Å². The zero-order chi connectivity index (χ0) is 15.4. The Balaban J connectivity index is 1.47. The van der Waals surface area contributed by atoms with Gasteiger partial charge in [-0.3, -0.25) is 9.69 Å². The number of rotatable bonds is 3. The van der Waals surface area contributed by atoms with Crippen molar-refractivity contribution in [3.63, 3.8) is 0 Å². The molecule has 4 heteroatoms. The third-order valence-corrected chi connectivity index (χ3v) is 4.92. The largest absolute Gasteiger partial charge is 0.342 e. The molecular formula is C18H25FN2O. The Morgan fingerprint density at radius 2 is 1.64 bits per heavy atom. The lowest BCUT2D eigenvalue weighted by Gasteiger charge is -2.35. The lowest BCUT2D eigenvalue weighted by Crippen LogP contribution is -2.44. The molecule has 3 nitrogen and oxygen atoms in total. The molecule has 0 aliphatic carbocycles. The third-order valence-electron chi connectivity index (χ3n) is 4.92. The van der Waals surface area contributed by atoms with Crippen molar-refractivity contribution in [2.24, 2.45) is 5.92 Å². The van der Waals surface area contributed by atoms with Gasteiger partial charge in [-0.05, 0) is 62.9 Å². The van der Waals surface area contributed by atoms with E-state index in [1.807, 2.05) is 12.1 Å². The van der Waals surface area contributed by atoms with Crippen LogP contribution in [0.3, 0.4) is 0 Å². The smallest absolute Gasteiger partial charge is 0.225 e. The van der Waals surface area contributed by atoms with Crippen LogP contribution in [-0.2, 0) is 11.3 Å². The molecule has 0 atom stereocenters. The first kappa shape index (κ1) is 15.5. The predicted octanol–water partition coefficient (Wildman–Crippen LogP) is 3.05. The lowest BCUT2D eigenvalue weighted by molar-refractivity contribution is -0.138. The number of benzene rings is 1. The number of carbonyl (C=O) groups excluding carboxylic acids is 1. The Hall–Kier alpha value is -1.42. The molecule has 120 valence electrons. The van der Waals surface area contributed by atoms with E-state index in [1.165, 1.54) is 18.6 Å². The van der Waals surface area contributed by atoms with Gasteiger partial charge < -0.3 is 4.90 Å². The molecule has 2 aliphatic rings. The highest BCUT2D eigenvalue weighted by atomic mass is 19.1. The maximum atomic E-state index is 12.9. The number of likely N-dealkylation sites (tertiary alicyclic amines) is 2. The molecule has 0 N–H and O–H groups in total. The summed E-state index contributed by atoms with van der Waals surface area (Å²) in [5.41, 5.74) is 1.14. The van der Waals surface area contributed by atoms with Crippen molar-refractivity contribution in [2.45, 2.75) is 38.6 Å². The van der Waals surface area contributed by atoms with Crippen molar-refractivity contribution in [3.8, 4) is 0 Å². The van der Waals surface area contributed by atoms with Crippen molar-refractivity contribution in [2.75, 3.05) is 26.2 Å². The van der Waals surface area contributed by atoms with Crippen LogP contribution in [0.1, 0.15) is 37.7 Å². The molecule has 0 spiro atoms. The van der Waals surface area contributed by atoms with E-state index in [4.69, 9.17) is 0 Å². The standard InChI is InChI=1S/C18H25FN2O/c19-17-6-4-15(5-7-17)14-20-12-8-16(9-13-20)18(22)21-10-2-1-3-11-21/h4-7,16H,1-3,8-14H2. The molecule has 1 amide bonds. The van der Waals surface area contributed by atoms with Gasteiger partial charge in [0.05, 0.1) is 0 Å². The van der Waals surface area contributed by atoms with Crippen LogP contribution in [0.25, 0.3) is 0 Å². The summed E-state index contributed by atoms with van der Waals surface area (Å²) in [6.45, 7) is 4.68. The van der Waals surface area contributed by atoms with Gasteiger partial charge in [-0.15, -0.1) is 0 Å². The normalized spacial score (nSPS) is 21.0. The molecule has 2 heterocycles. The Labute approximate surface area is 132 Å². The zero-order valence-corrected chi connectivity index (χ0v) is 13.1. The molecule has 0 radical (unpaired) electrons. The Morgan fingerprint density at radius 3 is 2.27 bits per heavy atom. The minimum absolute atomic E-state index is 0.186. The van der Waals surface area contributed by atoms with Crippen molar-refractivity contribution in [3.05, 3.63) is 35.6 Å². The van der Waals surface area contributed by atoms with E-state index >= 15 is 0 Å². The number of piperidine rings is 2. The Kier molecular flexibility index (Phi) is 5.08. The summed E-state index contributed by atoms with van der Waals surface area (Å²) in [7, 11) is 0. The number of hydrogen-bond donors (Lipinski definition) is 0. The number of carbonyl (C=O) groups is 1. The van der Waals surface area contributed by atoms with Crippen LogP contribution in [0.2, 0.25) is 0 Å². The molecule has 0 bridgehead atoms. The van der Waals surface area contributed by atoms with Crippen LogP contribution in [0, 0.1) is 11.7 Å². The van der Waals surface area contributed by atoms with Crippen molar-refractivity contribution >= 4 is 5.91 Å². The van der Waals surface area contributed by atoms with Crippen molar-refractivity contribution in [1.29, 1.82) is 0 Å². The van der Waals surface area contributed by atoms with Crippen LogP contribution >= 0.6 is 0 Å². The fourth-order valence-electron chi connectivity index (χ4n) is 3.56. The van der Waals surface area contributed by atoms with Gasteiger partial charge in [0.15, 0.2) is 0 Å². The minimum atomic E-state index is -0.186. The van der Waals surface area contributed by atoms with Crippen LogP contribution in [-0.4, -0.2) is 41.9 Å². The SMILES string of the molecule is O=C(C1CCN(Cc2ccc(F)cc2)CC1)N1CCCCC1. The molecule has 2 fully saturated rings. The molecule has 2 saturated heterocycles. The van der Waals surface area contributed by atoms with E-state index in [9.17, 15) is 9.18 Å². The fraction of sp³-hybridized carbons (Fsp3) is 0.611. The Bertz CT molecular complexity index is 488. The van der Waals surface area contributed by atoms with Gasteiger partial charge >= 0.3 is 0 Å². The van der Waals surface area contributed by atoms with E-state index in [1.54, 1.807) is 0 Å². The topological polar surface area (TPSA) is 23.6 Å². The van der Waals surface area contributed by atoms with Crippen LogP contribution < -0.4 is 0 Å². The first-order valence-electron chi connectivity index (χ1n) is 8.48. The second-order valence-electron chi connectivity index (χ2n) is 6.56. The second-order valence-corrected chi connectivity index (χ2v) is 6.56. The number of halogens is 1.